The zero-order valence-electron chi connectivity index (χ0n) is 18.4. The Morgan fingerprint density at radius 2 is 1.61 bits per heavy atom. The minimum Gasteiger partial charge on any atom is -0.493 e. The number of para-hydroxylation sites is 1. The summed E-state index contributed by atoms with van der Waals surface area (Å²) in [6.07, 6.45) is 2.35. The van der Waals surface area contributed by atoms with Crippen LogP contribution < -0.4 is 14.2 Å². The Bertz CT molecular complexity index is 813. The number of hydrogen-bond acceptors (Lipinski definition) is 5. The molecule has 7 heteroatoms. The fraction of sp³-hybridized carbons (Fsp3) is 0.500. The van der Waals surface area contributed by atoms with Crippen LogP contribution in [0.1, 0.15) is 29.9 Å². The molecule has 0 aromatic heterocycles. The lowest BCUT2D eigenvalue weighted by Gasteiger charge is -2.36. The smallest absolute Gasteiger partial charge is 0.161 e. The monoisotopic (exact) mass is 468 g/mol. The van der Waals surface area contributed by atoms with Gasteiger partial charge in [0.25, 0.3) is 0 Å². The van der Waals surface area contributed by atoms with Crippen LogP contribution in [0, 0.1) is 0 Å². The third-order valence-electron chi connectivity index (χ3n) is 6.20. The van der Waals surface area contributed by atoms with E-state index in [4.69, 9.17) is 14.2 Å². The molecule has 2 aliphatic heterocycles. The molecule has 2 aliphatic rings. The first-order chi connectivity index (χ1) is 14.3. The maximum absolute atomic E-state index is 5.81. The van der Waals surface area contributed by atoms with Crippen LogP contribution in [-0.2, 0) is 6.54 Å². The highest BCUT2D eigenvalue weighted by molar-refractivity contribution is 5.85. The molecular formula is C24H34Cl2N2O3. The van der Waals surface area contributed by atoms with Crippen molar-refractivity contribution in [2.75, 3.05) is 53.6 Å². The highest BCUT2D eigenvalue weighted by Crippen LogP contribution is 2.35. The molecule has 1 saturated heterocycles. The number of halogens is 2. The maximum Gasteiger partial charge on any atom is 0.161 e. The maximum atomic E-state index is 5.81. The molecule has 2 heterocycles. The van der Waals surface area contributed by atoms with Gasteiger partial charge in [-0.1, -0.05) is 24.3 Å². The first-order valence-corrected chi connectivity index (χ1v) is 10.6. The number of nitrogens with zero attached hydrogens (tertiary/aromatic N) is 2. The largest absolute Gasteiger partial charge is 0.493 e. The quantitative estimate of drug-likeness (QED) is 0.591. The Morgan fingerprint density at radius 3 is 2.35 bits per heavy atom. The van der Waals surface area contributed by atoms with Gasteiger partial charge in [-0.25, -0.2) is 0 Å². The van der Waals surface area contributed by atoms with Gasteiger partial charge in [0.2, 0.25) is 0 Å². The van der Waals surface area contributed by atoms with Crippen molar-refractivity contribution >= 4 is 24.8 Å². The minimum atomic E-state index is 0. The molecule has 0 aliphatic carbocycles. The molecule has 0 amide bonds. The molecule has 5 nitrogen and oxygen atoms in total. The number of methoxy groups -OCH3 is 2. The Morgan fingerprint density at radius 1 is 0.903 bits per heavy atom. The van der Waals surface area contributed by atoms with Gasteiger partial charge in [-0.2, -0.15) is 0 Å². The van der Waals surface area contributed by atoms with Crippen molar-refractivity contribution in [1.82, 2.24) is 9.80 Å². The molecular weight excluding hydrogens is 435 g/mol. The van der Waals surface area contributed by atoms with Crippen LogP contribution in [0.3, 0.4) is 0 Å². The summed E-state index contributed by atoms with van der Waals surface area (Å²) in [6, 6.07) is 14.8. The zero-order chi connectivity index (χ0) is 20.1. The van der Waals surface area contributed by atoms with Crippen molar-refractivity contribution in [2.45, 2.75) is 25.3 Å². The van der Waals surface area contributed by atoms with Gasteiger partial charge in [-0.05, 0) is 54.6 Å². The van der Waals surface area contributed by atoms with E-state index in [2.05, 4.69) is 46.2 Å². The molecule has 1 fully saturated rings. The SMILES string of the molecule is COc1ccc(CN2CCN(CCC3CCOc4ccccc43)CC2)cc1OC.Cl.Cl. The topological polar surface area (TPSA) is 34.2 Å². The Hall–Kier alpha value is -1.66. The van der Waals surface area contributed by atoms with Crippen LogP contribution in [0.15, 0.2) is 42.5 Å². The highest BCUT2D eigenvalue weighted by atomic mass is 35.5. The van der Waals surface area contributed by atoms with E-state index in [0.717, 1.165) is 63.0 Å². The van der Waals surface area contributed by atoms with Crippen LogP contribution in [0.25, 0.3) is 0 Å². The molecule has 0 N–H and O–H groups in total. The zero-order valence-corrected chi connectivity index (χ0v) is 20.1. The second-order valence-electron chi connectivity index (χ2n) is 7.97. The summed E-state index contributed by atoms with van der Waals surface area (Å²) >= 11 is 0. The lowest BCUT2D eigenvalue weighted by Crippen LogP contribution is -2.46. The lowest BCUT2D eigenvalue weighted by atomic mass is 9.90. The average molecular weight is 469 g/mol. The van der Waals surface area contributed by atoms with Crippen LogP contribution in [0.4, 0.5) is 0 Å². The third kappa shape index (κ3) is 6.42. The number of hydrogen-bond donors (Lipinski definition) is 0. The van der Waals surface area contributed by atoms with Gasteiger partial charge in [0.15, 0.2) is 11.5 Å². The van der Waals surface area contributed by atoms with Gasteiger partial charge >= 0.3 is 0 Å². The predicted octanol–water partition coefficient (Wildman–Crippen LogP) is 4.62. The van der Waals surface area contributed by atoms with E-state index in [1.54, 1.807) is 14.2 Å². The van der Waals surface area contributed by atoms with Crippen molar-refractivity contribution in [3.05, 3.63) is 53.6 Å². The standard InChI is InChI=1S/C24H32N2O3.2ClH/c1-27-23-8-7-19(17-24(23)28-2)18-26-14-12-25(13-15-26)11-9-20-10-16-29-22-6-4-3-5-21(20)22;;/h3-8,17,20H,9-16,18H2,1-2H3;2*1H. The third-order valence-corrected chi connectivity index (χ3v) is 6.20. The number of benzene rings is 2. The Balaban J connectivity index is 0.00000171. The van der Waals surface area contributed by atoms with Gasteiger partial charge in [0.1, 0.15) is 5.75 Å². The molecule has 1 atom stereocenters. The first-order valence-electron chi connectivity index (χ1n) is 10.6. The number of piperazine rings is 1. The normalized spacial score (nSPS) is 18.7. The number of rotatable bonds is 7. The highest BCUT2D eigenvalue weighted by Gasteiger charge is 2.23. The number of ether oxygens (including phenoxy) is 3. The van der Waals surface area contributed by atoms with Crippen LogP contribution in [0.5, 0.6) is 17.2 Å². The second-order valence-corrected chi connectivity index (χ2v) is 7.97. The van der Waals surface area contributed by atoms with Gasteiger partial charge < -0.3 is 19.1 Å². The second kappa shape index (κ2) is 12.4. The summed E-state index contributed by atoms with van der Waals surface area (Å²) in [4.78, 5) is 5.14. The van der Waals surface area contributed by atoms with Crippen molar-refractivity contribution in [3.63, 3.8) is 0 Å². The lowest BCUT2D eigenvalue weighted by molar-refractivity contribution is 0.122. The summed E-state index contributed by atoms with van der Waals surface area (Å²) in [5.74, 6) is 3.31. The van der Waals surface area contributed by atoms with E-state index < -0.39 is 0 Å². The summed E-state index contributed by atoms with van der Waals surface area (Å²) in [6.45, 7) is 7.47. The molecule has 31 heavy (non-hydrogen) atoms. The van der Waals surface area contributed by atoms with Crippen molar-refractivity contribution in [2.24, 2.45) is 0 Å². The predicted molar refractivity (Wildman–Crippen MR) is 130 cm³/mol. The molecule has 0 bridgehead atoms. The van der Waals surface area contributed by atoms with E-state index in [1.807, 2.05) is 6.07 Å². The molecule has 1 unspecified atom stereocenters. The van der Waals surface area contributed by atoms with E-state index in [-0.39, 0.29) is 24.8 Å². The van der Waals surface area contributed by atoms with Gasteiger partial charge in [-0.3, -0.25) is 4.90 Å². The van der Waals surface area contributed by atoms with Crippen LogP contribution in [0.2, 0.25) is 0 Å². The molecule has 0 radical (unpaired) electrons. The van der Waals surface area contributed by atoms with Crippen molar-refractivity contribution < 1.29 is 14.2 Å². The summed E-state index contributed by atoms with van der Waals surface area (Å²) < 4.78 is 16.6. The van der Waals surface area contributed by atoms with Crippen molar-refractivity contribution in [1.29, 1.82) is 0 Å². The Labute approximate surface area is 198 Å². The molecule has 4 rings (SSSR count). The summed E-state index contributed by atoms with van der Waals surface area (Å²) in [5.41, 5.74) is 2.67. The molecule has 172 valence electrons. The molecule has 2 aromatic rings. The fourth-order valence-corrected chi connectivity index (χ4v) is 4.46. The summed E-state index contributed by atoms with van der Waals surface area (Å²) in [5, 5.41) is 0. The van der Waals surface area contributed by atoms with Crippen molar-refractivity contribution in [3.8, 4) is 17.2 Å². The van der Waals surface area contributed by atoms with E-state index in [0.29, 0.717) is 5.92 Å². The number of fused-ring (bicyclic) bond motifs is 1. The van der Waals surface area contributed by atoms with Gasteiger partial charge in [-0.15, -0.1) is 24.8 Å². The fourth-order valence-electron chi connectivity index (χ4n) is 4.46. The van der Waals surface area contributed by atoms with Crippen LogP contribution in [-0.4, -0.2) is 63.4 Å². The van der Waals surface area contributed by atoms with E-state index in [9.17, 15) is 0 Å². The first kappa shape index (κ1) is 25.6. The minimum absolute atomic E-state index is 0. The molecule has 2 aromatic carbocycles. The van der Waals surface area contributed by atoms with Crippen LogP contribution >= 0.6 is 24.8 Å². The Kier molecular flexibility index (Phi) is 10.2. The van der Waals surface area contributed by atoms with Gasteiger partial charge in [0.05, 0.1) is 20.8 Å². The molecule has 0 spiro atoms. The summed E-state index contributed by atoms with van der Waals surface area (Å²) in [7, 11) is 3.37. The average Bonchev–Trinajstić information content (AvgIpc) is 2.78. The van der Waals surface area contributed by atoms with E-state index >= 15 is 0 Å². The molecule has 0 saturated carbocycles. The van der Waals surface area contributed by atoms with E-state index in [1.165, 1.54) is 24.1 Å². The van der Waals surface area contributed by atoms with Gasteiger partial charge in [0, 0.05) is 32.7 Å².